The average molecular weight is 217 g/mol. The minimum Gasteiger partial charge on any atom is -0.512 e. The second kappa shape index (κ2) is 5.75. The monoisotopic (exact) mass is 217 g/mol. The Kier molecular flexibility index (Phi) is 4.33. The molecule has 0 unspecified atom stereocenters. The molecule has 0 saturated carbocycles. The van der Waals surface area contributed by atoms with Crippen molar-refractivity contribution in [3.8, 4) is 0 Å². The third-order valence-corrected chi connectivity index (χ3v) is 2.07. The third kappa shape index (κ3) is 4.00. The Balaban J connectivity index is 2.45. The van der Waals surface area contributed by atoms with Crippen molar-refractivity contribution in [3.63, 3.8) is 0 Å². The Morgan fingerprint density at radius 1 is 1.38 bits per heavy atom. The summed E-state index contributed by atoms with van der Waals surface area (Å²) in [5.74, 6) is -0.361. The summed E-state index contributed by atoms with van der Waals surface area (Å²) < 4.78 is 0. The van der Waals surface area contributed by atoms with Crippen LogP contribution in [0.25, 0.3) is 6.08 Å². The molecule has 84 valence electrons. The van der Waals surface area contributed by atoms with Gasteiger partial charge in [0.1, 0.15) is 0 Å². The maximum atomic E-state index is 11.2. The molecule has 3 heteroatoms. The molecule has 0 atom stereocenters. The van der Waals surface area contributed by atoms with Crippen LogP contribution in [0.1, 0.15) is 17.5 Å². The minimum absolute atomic E-state index is 0.0509. The van der Waals surface area contributed by atoms with Gasteiger partial charge in [0, 0.05) is 6.54 Å². The van der Waals surface area contributed by atoms with Crippen LogP contribution in [-0.4, -0.2) is 11.0 Å². The number of nitrogens with one attached hydrogen (secondary N) is 1. The molecule has 3 nitrogen and oxygen atoms in total. The fourth-order valence-corrected chi connectivity index (χ4v) is 1.22. The van der Waals surface area contributed by atoms with Gasteiger partial charge in [0.2, 0.25) is 5.91 Å². The average Bonchev–Trinajstić information content (AvgIpc) is 2.26. The normalized spacial score (nSPS) is 9.50. The molecule has 0 saturated heterocycles. The number of rotatable bonds is 5. The lowest BCUT2D eigenvalue weighted by Crippen LogP contribution is -2.22. The Labute approximate surface area is 95.1 Å². The largest absolute Gasteiger partial charge is 0.512 e. The van der Waals surface area contributed by atoms with Crippen LogP contribution >= 0.6 is 0 Å². The summed E-state index contributed by atoms with van der Waals surface area (Å²) in [6.45, 7) is 7.36. The number of carbonyl (C=O) groups is 1. The highest BCUT2D eigenvalue weighted by atomic mass is 16.3. The van der Waals surface area contributed by atoms with E-state index >= 15 is 0 Å². The maximum Gasteiger partial charge on any atom is 0.227 e. The molecule has 16 heavy (non-hydrogen) atoms. The quantitative estimate of drug-likeness (QED) is 0.744. The van der Waals surface area contributed by atoms with E-state index < -0.39 is 0 Å². The number of amides is 1. The summed E-state index contributed by atoms with van der Waals surface area (Å²) in [5.41, 5.74) is 2.04. The number of benzene rings is 1. The van der Waals surface area contributed by atoms with Crippen molar-refractivity contribution >= 4 is 12.0 Å². The Hall–Kier alpha value is -2.03. The Morgan fingerprint density at radius 3 is 2.50 bits per heavy atom. The number of aliphatic hydroxyl groups excluding tert-OH is 1. The van der Waals surface area contributed by atoms with Gasteiger partial charge >= 0.3 is 0 Å². The van der Waals surface area contributed by atoms with Gasteiger partial charge in [-0.05, 0) is 11.1 Å². The van der Waals surface area contributed by atoms with Gasteiger partial charge in [-0.25, -0.2) is 0 Å². The molecule has 0 heterocycles. The van der Waals surface area contributed by atoms with Crippen molar-refractivity contribution < 1.29 is 9.90 Å². The maximum absolute atomic E-state index is 11.2. The molecule has 0 bridgehead atoms. The van der Waals surface area contributed by atoms with Gasteiger partial charge in [-0.15, -0.1) is 0 Å². The van der Waals surface area contributed by atoms with E-state index in [-0.39, 0.29) is 18.1 Å². The van der Waals surface area contributed by atoms with Crippen molar-refractivity contribution in [2.24, 2.45) is 0 Å². The predicted molar refractivity (Wildman–Crippen MR) is 64.8 cm³/mol. The first-order chi connectivity index (χ1) is 7.61. The predicted octanol–water partition coefficient (Wildman–Crippen LogP) is 2.41. The Morgan fingerprint density at radius 2 is 2.00 bits per heavy atom. The molecule has 0 fully saturated rings. The fraction of sp³-hybridized carbons (Fsp3) is 0.154. The lowest BCUT2D eigenvalue weighted by atomic mass is 10.1. The smallest absolute Gasteiger partial charge is 0.227 e. The lowest BCUT2D eigenvalue weighted by Gasteiger charge is -2.05. The van der Waals surface area contributed by atoms with E-state index in [2.05, 4.69) is 18.5 Å². The van der Waals surface area contributed by atoms with Gasteiger partial charge in [0.05, 0.1) is 12.2 Å². The molecule has 1 rings (SSSR count). The van der Waals surface area contributed by atoms with Gasteiger partial charge in [-0.2, -0.15) is 0 Å². The van der Waals surface area contributed by atoms with E-state index in [1.807, 2.05) is 24.3 Å². The number of aliphatic hydroxyl groups is 1. The number of hydrogen-bond acceptors (Lipinski definition) is 2. The standard InChI is InChI=1S/C13H15NO2/c1-3-11-4-6-12(7-5-11)9-14-13(16)8-10(2)15/h3-7,15H,1-2,8-9H2,(H,14,16). The third-order valence-electron chi connectivity index (χ3n) is 2.07. The van der Waals surface area contributed by atoms with Crippen molar-refractivity contribution in [3.05, 3.63) is 54.3 Å². The summed E-state index contributed by atoms with van der Waals surface area (Å²) in [6, 6.07) is 7.70. The molecule has 0 aliphatic heterocycles. The van der Waals surface area contributed by atoms with E-state index in [4.69, 9.17) is 5.11 Å². The van der Waals surface area contributed by atoms with Gasteiger partial charge in [0.25, 0.3) is 0 Å². The van der Waals surface area contributed by atoms with E-state index in [0.717, 1.165) is 11.1 Å². The van der Waals surface area contributed by atoms with E-state index in [9.17, 15) is 4.79 Å². The summed E-state index contributed by atoms with van der Waals surface area (Å²) in [6.07, 6.45) is 1.71. The van der Waals surface area contributed by atoms with E-state index in [0.29, 0.717) is 6.54 Å². The fourth-order valence-electron chi connectivity index (χ4n) is 1.22. The minimum atomic E-state index is -0.236. The molecule has 1 aromatic rings. The van der Waals surface area contributed by atoms with Crippen LogP contribution in [0.5, 0.6) is 0 Å². The summed E-state index contributed by atoms with van der Waals surface area (Å²) >= 11 is 0. The molecule has 0 spiro atoms. The summed E-state index contributed by atoms with van der Waals surface area (Å²) in [5, 5.41) is 11.5. The van der Waals surface area contributed by atoms with Crippen LogP contribution in [0.15, 0.2) is 43.2 Å². The first-order valence-corrected chi connectivity index (χ1v) is 4.96. The highest BCUT2D eigenvalue weighted by molar-refractivity contribution is 5.77. The van der Waals surface area contributed by atoms with Crippen LogP contribution < -0.4 is 5.32 Å². The lowest BCUT2D eigenvalue weighted by molar-refractivity contribution is -0.121. The van der Waals surface area contributed by atoms with Crippen molar-refractivity contribution in [1.82, 2.24) is 5.32 Å². The second-order valence-electron chi connectivity index (χ2n) is 3.47. The van der Waals surface area contributed by atoms with Crippen molar-refractivity contribution in [2.45, 2.75) is 13.0 Å². The Bertz CT molecular complexity index is 393. The van der Waals surface area contributed by atoms with Gasteiger partial charge in [-0.3, -0.25) is 4.79 Å². The molecule has 1 aromatic carbocycles. The molecular weight excluding hydrogens is 202 g/mol. The molecule has 2 N–H and O–H groups in total. The number of carbonyl (C=O) groups excluding carboxylic acids is 1. The SMILES string of the molecule is C=Cc1ccc(CNC(=O)CC(=C)O)cc1. The first-order valence-electron chi connectivity index (χ1n) is 4.96. The molecule has 0 aliphatic carbocycles. The molecule has 0 aliphatic rings. The summed E-state index contributed by atoms with van der Waals surface area (Å²) in [4.78, 5) is 11.2. The van der Waals surface area contributed by atoms with Crippen molar-refractivity contribution in [2.75, 3.05) is 0 Å². The molecule has 0 aromatic heterocycles. The van der Waals surface area contributed by atoms with E-state index in [1.54, 1.807) is 6.08 Å². The highest BCUT2D eigenvalue weighted by Gasteiger charge is 2.02. The van der Waals surface area contributed by atoms with Crippen LogP contribution in [0.2, 0.25) is 0 Å². The zero-order chi connectivity index (χ0) is 12.0. The highest BCUT2D eigenvalue weighted by Crippen LogP contribution is 2.05. The van der Waals surface area contributed by atoms with Crippen LogP contribution in [0.4, 0.5) is 0 Å². The van der Waals surface area contributed by atoms with Gasteiger partial charge in [0.15, 0.2) is 0 Å². The van der Waals surface area contributed by atoms with Crippen LogP contribution in [0, 0.1) is 0 Å². The topological polar surface area (TPSA) is 49.3 Å². The zero-order valence-corrected chi connectivity index (χ0v) is 9.07. The summed E-state index contributed by atoms with van der Waals surface area (Å²) in [7, 11) is 0. The van der Waals surface area contributed by atoms with Crippen LogP contribution in [-0.2, 0) is 11.3 Å². The van der Waals surface area contributed by atoms with E-state index in [1.165, 1.54) is 0 Å². The zero-order valence-electron chi connectivity index (χ0n) is 9.07. The van der Waals surface area contributed by atoms with Gasteiger partial charge < -0.3 is 10.4 Å². The second-order valence-corrected chi connectivity index (χ2v) is 3.47. The van der Waals surface area contributed by atoms with Crippen LogP contribution in [0.3, 0.4) is 0 Å². The molecule has 1 amide bonds. The number of hydrogen-bond donors (Lipinski definition) is 2. The van der Waals surface area contributed by atoms with Gasteiger partial charge in [-0.1, -0.05) is 43.5 Å². The molecular formula is C13H15NO2. The molecule has 0 radical (unpaired) electrons. The van der Waals surface area contributed by atoms with Crippen molar-refractivity contribution in [1.29, 1.82) is 0 Å². The first kappa shape index (κ1) is 12.0.